The minimum Gasteiger partial charge on any atom is -0.463 e. The molecule has 38 heavy (non-hydrogen) atoms. The standard InChI is InChI=1S/C36H47NO/c1-4-5-6-7-8-9-10-11-12-13-14-19-28-37-33-23-18-17-22-32(33)35(2,3)36(37)27-26-31-30-21-16-15-20-29(30)24-25-34(31)38-36/h15-18,20-27H,4-14,19,28H2,1-3H3/t36-/m0/s1. The molecule has 2 heteroatoms. The number of benzene rings is 3. The SMILES string of the molecule is CCCCCCCCCCCCCCN1c2ccccc2C(C)(C)[C@@]12C=Cc1c(ccc3ccccc13)O2. The van der Waals surface area contributed by atoms with Gasteiger partial charge in [-0.2, -0.15) is 0 Å². The summed E-state index contributed by atoms with van der Waals surface area (Å²) in [7, 11) is 0. The van der Waals surface area contributed by atoms with Gasteiger partial charge in [0.05, 0.1) is 5.41 Å². The van der Waals surface area contributed by atoms with Crippen molar-refractivity contribution in [2.24, 2.45) is 0 Å². The lowest BCUT2D eigenvalue weighted by Crippen LogP contribution is -2.59. The normalized spacial score (nSPS) is 19.1. The number of para-hydroxylation sites is 1. The predicted octanol–water partition coefficient (Wildman–Crippen LogP) is 10.4. The maximum atomic E-state index is 7.10. The number of hydrogen-bond acceptors (Lipinski definition) is 2. The smallest absolute Gasteiger partial charge is 0.212 e. The van der Waals surface area contributed by atoms with Gasteiger partial charge < -0.3 is 9.64 Å². The predicted molar refractivity (Wildman–Crippen MR) is 164 cm³/mol. The average Bonchev–Trinajstić information content (AvgIpc) is 3.11. The van der Waals surface area contributed by atoms with Crippen molar-refractivity contribution in [2.75, 3.05) is 11.4 Å². The van der Waals surface area contributed by atoms with Crippen molar-refractivity contribution in [2.45, 2.75) is 109 Å². The summed E-state index contributed by atoms with van der Waals surface area (Å²) in [6.07, 6.45) is 21.1. The quantitative estimate of drug-likeness (QED) is 0.212. The summed E-state index contributed by atoms with van der Waals surface area (Å²) in [5, 5.41) is 2.52. The van der Waals surface area contributed by atoms with Gasteiger partial charge in [-0.05, 0) is 60.9 Å². The van der Waals surface area contributed by atoms with Crippen LogP contribution in [-0.2, 0) is 5.41 Å². The van der Waals surface area contributed by atoms with Crippen molar-refractivity contribution < 1.29 is 4.74 Å². The number of fused-ring (bicyclic) bond motifs is 4. The highest BCUT2D eigenvalue weighted by Gasteiger charge is 2.58. The van der Waals surface area contributed by atoms with Gasteiger partial charge in [0, 0.05) is 17.8 Å². The van der Waals surface area contributed by atoms with Gasteiger partial charge in [0.25, 0.3) is 0 Å². The van der Waals surface area contributed by atoms with Crippen molar-refractivity contribution in [1.29, 1.82) is 0 Å². The minimum atomic E-state index is -0.510. The minimum absolute atomic E-state index is 0.166. The first-order valence-electron chi connectivity index (χ1n) is 15.4. The largest absolute Gasteiger partial charge is 0.463 e. The Bertz CT molecular complexity index is 1240. The summed E-state index contributed by atoms with van der Waals surface area (Å²) in [6, 6.07) is 21.9. The van der Waals surface area contributed by atoms with E-state index in [1.54, 1.807) is 0 Å². The van der Waals surface area contributed by atoms with Gasteiger partial charge in [-0.25, -0.2) is 0 Å². The van der Waals surface area contributed by atoms with Crippen molar-refractivity contribution >= 4 is 22.5 Å². The number of unbranched alkanes of at least 4 members (excludes halogenated alkanes) is 11. The highest BCUT2D eigenvalue weighted by molar-refractivity contribution is 5.94. The van der Waals surface area contributed by atoms with Gasteiger partial charge in [-0.15, -0.1) is 0 Å². The summed E-state index contributed by atoms with van der Waals surface area (Å²) in [4.78, 5) is 2.56. The fraction of sp³-hybridized carbons (Fsp3) is 0.500. The van der Waals surface area contributed by atoms with Crippen LogP contribution < -0.4 is 9.64 Å². The molecule has 2 heterocycles. The first-order valence-corrected chi connectivity index (χ1v) is 15.4. The summed E-state index contributed by atoms with van der Waals surface area (Å²) < 4.78 is 7.10. The van der Waals surface area contributed by atoms with E-state index in [2.05, 4.69) is 98.5 Å². The van der Waals surface area contributed by atoms with Crippen LogP contribution >= 0.6 is 0 Å². The summed E-state index contributed by atoms with van der Waals surface area (Å²) in [5.41, 5.74) is 3.23. The molecule has 0 aromatic heterocycles. The maximum Gasteiger partial charge on any atom is 0.212 e. The second kappa shape index (κ2) is 12.0. The molecule has 0 unspecified atom stereocenters. The van der Waals surface area contributed by atoms with Crippen LogP contribution in [0.1, 0.15) is 109 Å². The lowest BCUT2D eigenvalue weighted by molar-refractivity contribution is 0.0534. The van der Waals surface area contributed by atoms with E-state index in [-0.39, 0.29) is 5.41 Å². The van der Waals surface area contributed by atoms with Gasteiger partial charge in [-0.3, -0.25) is 0 Å². The van der Waals surface area contributed by atoms with Gasteiger partial charge >= 0.3 is 0 Å². The molecule has 0 N–H and O–H groups in total. The van der Waals surface area contributed by atoms with Gasteiger partial charge in [0.2, 0.25) is 5.72 Å². The molecule has 0 aliphatic carbocycles. The van der Waals surface area contributed by atoms with E-state index in [1.165, 1.54) is 105 Å². The zero-order valence-corrected chi connectivity index (χ0v) is 24.0. The second-order valence-electron chi connectivity index (χ2n) is 12.0. The monoisotopic (exact) mass is 509 g/mol. The van der Waals surface area contributed by atoms with E-state index < -0.39 is 5.72 Å². The Kier molecular flexibility index (Phi) is 8.46. The van der Waals surface area contributed by atoms with E-state index in [4.69, 9.17) is 4.74 Å². The van der Waals surface area contributed by atoms with Gasteiger partial charge in [0.1, 0.15) is 5.75 Å². The first-order chi connectivity index (χ1) is 18.6. The van der Waals surface area contributed by atoms with Gasteiger partial charge in [-0.1, -0.05) is 126 Å². The molecule has 0 radical (unpaired) electrons. The molecule has 2 aliphatic rings. The molecular weight excluding hydrogens is 462 g/mol. The summed E-state index contributed by atoms with van der Waals surface area (Å²) in [5.74, 6) is 0.992. The zero-order chi connectivity index (χ0) is 26.4. The van der Waals surface area contributed by atoms with E-state index in [0.717, 1.165) is 12.3 Å². The van der Waals surface area contributed by atoms with Crippen LogP contribution in [0.15, 0.2) is 66.7 Å². The van der Waals surface area contributed by atoms with E-state index in [1.807, 2.05) is 0 Å². The molecule has 0 fully saturated rings. The van der Waals surface area contributed by atoms with Crippen LogP contribution in [0.2, 0.25) is 0 Å². The molecule has 3 aromatic carbocycles. The van der Waals surface area contributed by atoms with Crippen molar-refractivity contribution in [3.63, 3.8) is 0 Å². The van der Waals surface area contributed by atoms with E-state index in [9.17, 15) is 0 Å². The van der Waals surface area contributed by atoms with Crippen molar-refractivity contribution in [3.05, 3.63) is 77.9 Å². The Morgan fingerprint density at radius 2 is 1.32 bits per heavy atom. The van der Waals surface area contributed by atoms with E-state index >= 15 is 0 Å². The molecule has 5 rings (SSSR count). The highest BCUT2D eigenvalue weighted by Crippen LogP contribution is 2.55. The fourth-order valence-corrected chi connectivity index (χ4v) is 6.76. The Morgan fingerprint density at radius 1 is 0.684 bits per heavy atom. The van der Waals surface area contributed by atoms with Crippen LogP contribution in [0.5, 0.6) is 5.75 Å². The Labute approximate surface area is 231 Å². The topological polar surface area (TPSA) is 12.5 Å². The summed E-state index contributed by atoms with van der Waals surface area (Å²) in [6.45, 7) is 8.02. The van der Waals surface area contributed by atoms with Crippen LogP contribution in [0.25, 0.3) is 16.8 Å². The number of nitrogens with zero attached hydrogens (tertiary/aromatic N) is 1. The van der Waals surface area contributed by atoms with Gasteiger partial charge in [0.15, 0.2) is 0 Å². The molecule has 0 saturated heterocycles. The van der Waals surface area contributed by atoms with Crippen molar-refractivity contribution in [1.82, 2.24) is 0 Å². The van der Waals surface area contributed by atoms with Crippen molar-refractivity contribution in [3.8, 4) is 5.75 Å². The highest BCUT2D eigenvalue weighted by atomic mass is 16.5. The zero-order valence-electron chi connectivity index (χ0n) is 24.0. The van der Waals surface area contributed by atoms with Crippen LogP contribution in [-0.4, -0.2) is 12.3 Å². The number of ether oxygens (including phenoxy) is 1. The Balaban J connectivity index is 1.23. The number of hydrogen-bond donors (Lipinski definition) is 0. The molecule has 202 valence electrons. The third kappa shape index (κ3) is 5.12. The average molecular weight is 510 g/mol. The van der Waals surface area contributed by atoms with Crippen LogP contribution in [0.3, 0.4) is 0 Å². The first kappa shape index (κ1) is 26.9. The molecular formula is C36H47NO. The molecule has 1 spiro atoms. The fourth-order valence-electron chi connectivity index (χ4n) is 6.76. The second-order valence-corrected chi connectivity index (χ2v) is 12.0. The third-order valence-corrected chi connectivity index (χ3v) is 9.07. The molecule has 2 nitrogen and oxygen atoms in total. The Hall–Kier alpha value is -2.74. The van der Waals surface area contributed by atoms with Crippen LogP contribution in [0, 0.1) is 0 Å². The van der Waals surface area contributed by atoms with E-state index in [0.29, 0.717) is 0 Å². The third-order valence-electron chi connectivity index (χ3n) is 9.07. The maximum absolute atomic E-state index is 7.10. The summed E-state index contributed by atoms with van der Waals surface area (Å²) >= 11 is 0. The molecule has 2 aliphatic heterocycles. The molecule has 0 amide bonds. The Morgan fingerprint density at radius 3 is 2.05 bits per heavy atom. The molecule has 3 aromatic rings. The number of anilines is 1. The molecule has 0 bridgehead atoms. The molecule has 0 saturated carbocycles. The lowest BCUT2D eigenvalue weighted by Gasteiger charge is -2.47. The molecule has 1 atom stereocenters. The number of rotatable bonds is 13. The lowest BCUT2D eigenvalue weighted by atomic mass is 9.76. The van der Waals surface area contributed by atoms with Crippen LogP contribution in [0.4, 0.5) is 5.69 Å².